The Morgan fingerprint density at radius 2 is 1.92 bits per heavy atom. The normalized spacial score (nSPS) is 10.6. The molecule has 0 aliphatic carbocycles. The largest absolute Gasteiger partial charge is 0.507 e. The summed E-state index contributed by atoms with van der Waals surface area (Å²) in [5, 5.41) is 12.4. The lowest BCUT2D eigenvalue weighted by Crippen LogP contribution is -2.36. The van der Waals surface area contributed by atoms with E-state index in [0.717, 1.165) is 6.07 Å². The first-order valence-electron chi connectivity index (χ1n) is 6.88. The Bertz CT molecular complexity index is 970. The van der Waals surface area contributed by atoms with Crippen LogP contribution in [0.2, 0.25) is 0 Å². The number of nitrogens with one attached hydrogen (secondary N) is 1. The molecule has 0 unspecified atom stereocenters. The standard InChI is InChI=1S/C17H12FN5O2/c1-20-10-7-8-12(24)14(16(25)23-17(19)22-3)13(10)9-5-4-6-11(21-2)15(9)18/h4-8,24H,3H3,(H3,19,22,23,25). The molecule has 0 bridgehead atoms. The van der Waals surface area contributed by atoms with Crippen molar-refractivity contribution < 1.29 is 14.3 Å². The molecule has 2 aromatic carbocycles. The Morgan fingerprint density at radius 3 is 2.52 bits per heavy atom. The van der Waals surface area contributed by atoms with Crippen molar-refractivity contribution in [1.29, 1.82) is 0 Å². The third kappa shape index (κ3) is 3.23. The van der Waals surface area contributed by atoms with Gasteiger partial charge in [0, 0.05) is 12.6 Å². The lowest BCUT2D eigenvalue weighted by molar-refractivity contribution is 0.0974. The summed E-state index contributed by atoms with van der Waals surface area (Å²) in [5.74, 6) is -2.41. The van der Waals surface area contributed by atoms with Crippen LogP contribution in [0.5, 0.6) is 5.75 Å². The van der Waals surface area contributed by atoms with Gasteiger partial charge in [0.05, 0.1) is 18.7 Å². The van der Waals surface area contributed by atoms with Gasteiger partial charge in [-0.2, -0.15) is 0 Å². The van der Waals surface area contributed by atoms with E-state index in [1.807, 2.05) is 0 Å². The van der Waals surface area contributed by atoms with Gasteiger partial charge in [0.25, 0.3) is 5.91 Å². The number of hydrogen-bond donors (Lipinski definition) is 3. The fourth-order valence-electron chi connectivity index (χ4n) is 2.21. The van der Waals surface area contributed by atoms with Gasteiger partial charge in [-0.05, 0) is 11.6 Å². The molecule has 0 aromatic heterocycles. The zero-order chi connectivity index (χ0) is 18.6. The molecule has 4 N–H and O–H groups in total. The molecule has 0 aliphatic rings. The van der Waals surface area contributed by atoms with Crippen LogP contribution in [-0.4, -0.2) is 24.0 Å². The molecule has 1 amide bonds. The Morgan fingerprint density at radius 1 is 1.24 bits per heavy atom. The van der Waals surface area contributed by atoms with Gasteiger partial charge < -0.3 is 10.8 Å². The van der Waals surface area contributed by atoms with Crippen molar-refractivity contribution in [3.8, 4) is 16.9 Å². The van der Waals surface area contributed by atoms with Gasteiger partial charge in [-0.15, -0.1) is 0 Å². The Labute approximate surface area is 142 Å². The molecule has 0 heterocycles. The Balaban J connectivity index is 2.82. The number of carbonyl (C=O) groups is 1. The van der Waals surface area contributed by atoms with Crippen molar-refractivity contribution in [2.24, 2.45) is 10.7 Å². The maximum absolute atomic E-state index is 14.6. The Hall–Kier alpha value is -3.91. The van der Waals surface area contributed by atoms with E-state index in [1.165, 1.54) is 31.3 Å². The molecule has 0 saturated carbocycles. The molecule has 2 aromatic rings. The lowest BCUT2D eigenvalue weighted by atomic mass is 9.95. The van der Waals surface area contributed by atoms with E-state index in [2.05, 4.69) is 20.0 Å². The van der Waals surface area contributed by atoms with Gasteiger partial charge in [-0.1, -0.05) is 24.3 Å². The number of aromatic hydroxyl groups is 1. The summed E-state index contributed by atoms with van der Waals surface area (Å²) >= 11 is 0. The number of nitrogens with zero attached hydrogens (tertiary/aromatic N) is 3. The minimum absolute atomic E-state index is 0.0593. The highest BCUT2D eigenvalue weighted by atomic mass is 19.1. The van der Waals surface area contributed by atoms with E-state index in [0.29, 0.717) is 0 Å². The molecule has 0 radical (unpaired) electrons. The summed E-state index contributed by atoms with van der Waals surface area (Å²) in [6, 6.07) is 6.43. The van der Waals surface area contributed by atoms with Crippen molar-refractivity contribution >= 4 is 23.2 Å². The van der Waals surface area contributed by atoms with E-state index in [4.69, 9.17) is 18.9 Å². The van der Waals surface area contributed by atoms with E-state index >= 15 is 0 Å². The van der Waals surface area contributed by atoms with Crippen LogP contribution in [0.1, 0.15) is 10.4 Å². The molecule has 0 aliphatic heterocycles. The van der Waals surface area contributed by atoms with Crippen LogP contribution in [0.25, 0.3) is 20.8 Å². The van der Waals surface area contributed by atoms with Gasteiger partial charge in [-0.25, -0.2) is 14.1 Å². The van der Waals surface area contributed by atoms with Crippen LogP contribution in [0, 0.1) is 19.0 Å². The first kappa shape index (κ1) is 17.4. The average Bonchev–Trinajstić information content (AvgIpc) is 2.61. The predicted molar refractivity (Wildman–Crippen MR) is 91.0 cm³/mol. The van der Waals surface area contributed by atoms with Crippen LogP contribution < -0.4 is 11.1 Å². The zero-order valence-corrected chi connectivity index (χ0v) is 13.0. The molecular formula is C17H12FN5O2. The maximum atomic E-state index is 14.6. The second-order valence-electron chi connectivity index (χ2n) is 4.78. The number of rotatable bonds is 2. The summed E-state index contributed by atoms with van der Waals surface area (Å²) in [7, 11) is 1.35. The SMILES string of the molecule is [C-]#[N+]c1cccc(-c2c([N+]#[C-])ccc(O)c2C(=O)NC(N)=NC)c1F. The number of aliphatic imine (C=N–C) groups is 1. The van der Waals surface area contributed by atoms with Crippen molar-refractivity contribution in [3.63, 3.8) is 0 Å². The first-order valence-corrected chi connectivity index (χ1v) is 6.88. The molecule has 124 valence electrons. The van der Waals surface area contributed by atoms with Crippen LogP contribution in [0.15, 0.2) is 35.3 Å². The van der Waals surface area contributed by atoms with E-state index in [9.17, 15) is 14.3 Å². The molecule has 0 spiro atoms. The fourth-order valence-corrected chi connectivity index (χ4v) is 2.21. The summed E-state index contributed by atoms with van der Waals surface area (Å²) < 4.78 is 14.6. The predicted octanol–water partition coefficient (Wildman–Crippen LogP) is 2.97. The topological polar surface area (TPSA) is 96.4 Å². The minimum atomic E-state index is -0.890. The summed E-state index contributed by atoms with van der Waals surface area (Å²) in [4.78, 5) is 22.4. The second-order valence-corrected chi connectivity index (χ2v) is 4.78. The van der Waals surface area contributed by atoms with Crippen LogP contribution in [0.4, 0.5) is 15.8 Å². The van der Waals surface area contributed by atoms with Gasteiger partial charge in [0.1, 0.15) is 11.6 Å². The summed E-state index contributed by atoms with van der Waals surface area (Å²) in [5.41, 5.74) is 4.53. The van der Waals surface area contributed by atoms with Gasteiger partial charge in [-0.3, -0.25) is 15.1 Å². The first-order chi connectivity index (χ1) is 11.9. The number of halogens is 1. The highest BCUT2D eigenvalue weighted by Crippen LogP contribution is 2.41. The van der Waals surface area contributed by atoms with Crippen molar-refractivity contribution in [2.75, 3.05) is 7.05 Å². The highest BCUT2D eigenvalue weighted by Gasteiger charge is 2.24. The van der Waals surface area contributed by atoms with Crippen molar-refractivity contribution in [2.45, 2.75) is 0 Å². The number of phenolic OH excluding ortho intramolecular Hbond substituents is 1. The Kier molecular flexibility index (Phi) is 4.96. The van der Waals surface area contributed by atoms with E-state index < -0.39 is 17.5 Å². The smallest absolute Gasteiger partial charge is 0.261 e. The van der Waals surface area contributed by atoms with Gasteiger partial charge in [0.15, 0.2) is 11.6 Å². The number of benzene rings is 2. The maximum Gasteiger partial charge on any atom is 0.261 e. The minimum Gasteiger partial charge on any atom is -0.507 e. The number of carbonyl (C=O) groups excluding carboxylic acids is 1. The van der Waals surface area contributed by atoms with E-state index in [1.54, 1.807) is 0 Å². The number of phenols is 1. The monoisotopic (exact) mass is 337 g/mol. The average molecular weight is 337 g/mol. The van der Waals surface area contributed by atoms with Crippen molar-refractivity contribution in [3.05, 3.63) is 64.5 Å². The second kappa shape index (κ2) is 7.11. The summed E-state index contributed by atoms with van der Waals surface area (Å²) in [6.45, 7) is 14.3. The number of guanidine groups is 1. The van der Waals surface area contributed by atoms with Crippen LogP contribution >= 0.6 is 0 Å². The van der Waals surface area contributed by atoms with Crippen LogP contribution in [0.3, 0.4) is 0 Å². The van der Waals surface area contributed by atoms with Crippen LogP contribution in [-0.2, 0) is 0 Å². The molecule has 0 fully saturated rings. The third-order valence-corrected chi connectivity index (χ3v) is 3.36. The molecular weight excluding hydrogens is 325 g/mol. The molecule has 0 saturated heterocycles. The van der Waals surface area contributed by atoms with Gasteiger partial charge in [0.2, 0.25) is 5.69 Å². The highest BCUT2D eigenvalue weighted by molar-refractivity contribution is 6.12. The lowest BCUT2D eigenvalue weighted by Gasteiger charge is -2.15. The fraction of sp³-hybridized carbons (Fsp3) is 0.0588. The van der Waals surface area contributed by atoms with Gasteiger partial charge >= 0.3 is 0 Å². The molecule has 25 heavy (non-hydrogen) atoms. The quantitative estimate of drug-likeness (QED) is 0.446. The molecule has 0 atom stereocenters. The summed E-state index contributed by atoms with van der Waals surface area (Å²) in [6.07, 6.45) is 0. The number of amides is 1. The molecule has 7 nitrogen and oxygen atoms in total. The number of nitrogens with two attached hydrogens (primary N) is 1. The van der Waals surface area contributed by atoms with E-state index in [-0.39, 0.29) is 34.0 Å². The molecule has 2 rings (SSSR count). The third-order valence-electron chi connectivity index (χ3n) is 3.36. The van der Waals surface area contributed by atoms with Crippen molar-refractivity contribution in [1.82, 2.24) is 5.32 Å². The molecule has 8 heteroatoms. The zero-order valence-electron chi connectivity index (χ0n) is 13.0. The number of hydrogen-bond acceptors (Lipinski definition) is 3.